The van der Waals surface area contributed by atoms with E-state index < -0.39 is 0 Å². The molecule has 0 saturated carbocycles. The molecule has 0 bridgehead atoms. The Kier molecular flexibility index (Phi) is 1.66. The Hall–Kier alpha value is -1.58. The maximum atomic E-state index is 4.92. The standard InChI is InChI=1S/C8H9N3O/c1-2-7-9-8(11-10-7)6-3-4-12-5-6/h3-5H,2H2,1H3,(H,9,10,11). The van der Waals surface area contributed by atoms with Crippen LogP contribution in [0.25, 0.3) is 11.4 Å². The molecule has 0 unspecified atom stereocenters. The Morgan fingerprint density at radius 1 is 1.58 bits per heavy atom. The van der Waals surface area contributed by atoms with Gasteiger partial charge in [-0.2, -0.15) is 5.10 Å². The van der Waals surface area contributed by atoms with Crippen LogP contribution >= 0.6 is 0 Å². The lowest BCUT2D eigenvalue weighted by Crippen LogP contribution is -1.81. The quantitative estimate of drug-likeness (QED) is 0.732. The van der Waals surface area contributed by atoms with Gasteiger partial charge in [0, 0.05) is 6.42 Å². The van der Waals surface area contributed by atoms with Crippen LogP contribution < -0.4 is 0 Å². The zero-order valence-corrected chi connectivity index (χ0v) is 6.74. The van der Waals surface area contributed by atoms with Crippen LogP contribution in [0, 0.1) is 0 Å². The number of aromatic amines is 1. The van der Waals surface area contributed by atoms with Gasteiger partial charge in [-0.3, -0.25) is 5.10 Å². The maximum Gasteiger partial charge on any atom is 0.184 e. The Morgan fingerprint density at radius 3 is 3.08 bits per heavy atom. The van der Waals surface area contributed by atoms with Crippen LogP contribution in [0.2, 0.25) is 0 Å². The van der Waals surface area contributed by atoms with Gasteiger partial charge in [0.15, 0.2) is 5.82 Å². The van der Waals surface area contributed by atoms with Crippen molar-refractivity contribution in [1.29, 1.82) is 0 Å². The van der Waals surface area contributed by atoms with Crippen LogP contribution in [-0.2, 0) is 6.42 Å². The van der Waals surface area contributed by atoms with E-state index in [1.54, 1.807) is 12.5 Å². The third kappa shape index (κ3) is 1.11. The van der Waals surface area contributed by atoms with Gasteiger partial charge in [0.2, 0.25) is 0 Å². The number of aromatic nitrogens is 3. The van der Waals surface area contributed by atoms with E-state index in [-0.39, 0.29) is 0 Å². The summed E-state index contributed by atoms with van der Waals surface area (Å²) in [6.45, 7) is 2.03. The first kappa shape index (κ1) is 7.09. The zero-order valence-electron chi connectivity index (χ0n) is 6.74. The molecule has 4 heteroatoms. The molecule has 0 radical (unpaired) electrons. The molecular formula is C8H9N3O. The molecule has 0 fully saturated rings. The normalized spacial score (nSPS) is 10.4. The van der Waals surface area contributed by atoms with E-state index >= 15 is 0 Å². The summed E-state index contributed by atoms with van der Waals surface area (Å²) in [6.07, 6.45) is 4.10. The van der Waals surface area contributed by atoms with Gasteiger partial charge in [0.1, 0.15) is 12.1 Å². The highest BCUT2D eigenvalue weighted by molar-refractivity contribution is 5.51. The number of nitrogens with zero attached hydrogens (tertiary/aromatic N) is 2. The lowest BCUT2D eigenvalue weighted by molar-refractivity contribution is 0.568. The fraction of sp³-hybridized carbons (Fsp3) is 0.250. The van der Waals surface area contributed by atoms with Crippen molar-refractivity contribution in [1.82, 2.24) is 15.2 Å². The van der Waals surface area contributed by atoms with E-state index in [1.807, 2.05) is 13.0 Å². The molecule has 0 saturated heterocycles. The van der Waals surface area contributed by atoms with Gasteiger partial charge in [-0.25, -0.2) is 4.98 Å². The molecule has 0 aliphatic rings. The smallest absolute Gasteiger partial charge is 0.184 e. The Labute approximate surface area is 69.6 Å². The van der Waals surface area contributed by atoms with Gasteiger partial charge in [-0.15, -0.1) is 0 Å². The van der Waals surface area contributed by atoms with Crippen molar-refractivity contribution in [2.45, 2.75) is 13.3 Å². The van der Waals surface area contributed by atoms with Crippen LogP contribution in [-0.4, -0.2) is 15.2 Å². The fourth-order valence-corrected chi connectivity index (χ4v) is 0.974. The Morgan fingerprint density at radius 2 is 2.50 bits per heavy atom. The van der Waals surface area contributed by atoms with Crippen LogP contribution in [0.1, 0.15) is 12.7 Å². The van der Waals surface area contributed by atoms with Crippen LogP contribution in [0.4, 0.5) is 0 Å². The summed E-state index contributed by atoms with van der Waals surface area (Å²) in [5.74, 6) is 1.59. The van der Waals surface area contributed by atoms with E-state index in [0.717, 1.165) is 17.8 Å². The van der Waals surface area contributed by atoms with E-state index in [0.29, 0.717) is 5.82 Å². The first-order valence-corrected chi connectivity index (χ1v) is 3.84. The second-order valence-corrected chi connectivity index (χ2v) is 2.47. The lowest BCUT2D eigenvalue weighted by atomic mass is 10.3. The van der Waals surface area contributed by atoms with Crippen molar-refractivity contribution in [2.24, 2.45) is 0 Å². The number of aryl methyl sites for hydroxylation is 1. The predicted octanol–water partition coefficient (Wildman–Crippen LogP) is 1.63. The number of H-pyrrole nitrogens is 1. The van der Waals surface area contributed by atoms with Gasteiger partial charge in [-0.05, 0) is 6.07 Å². The summed E-state index contributed by atoms with van der Waals surface area (Å²) < 4.78 is 4.92. The summed E-state index contributed by atoms with van der Waals surface area (Å²) in [6, 6.07) is 1.84. The SMILES string of the molecule is CCc1nc(-c2ccoc2)n[nH]1. The van der Waals surface area contributed by atoms with Gasteiger partial charge in [0.05, 0.1) is 11.8 Å². The zero-order chi connectivity index (χ0) is 8.39. The summed E-state index contributed by atoms with van der Waals surface area (Å²) >= 11 is 0. The van der Waals surface area contributed by atoms with Crippen molar-refractivity contribution in [3.63, 3.8) is 0 Å². The molecule has 0 aromatic carbocycles. The molecule has 2 heterocycles. The molecule has 4 nitrogen and oxygen atoms in total. The molecule has 1 N–H and O–H groups in total. The molecule has 2 aromatic rings. The van der Waals surface area contributed by atoms with Gasteiger partial charge in [-0.1, -0.05) is 6.92 Å². The fourth-order valence-electron chi connectivity index (χ4n) is 0.974. The third-order valence-corrected chi connectivity index (χ3v) is 1.65. The monoisotopic (exact) mass is 163 g/mol. The van der Waals surface area contributed by atoms with E-state index in [9.17, 15) is 0 Å². The second-order valence-electron chi connectivity index (χ2n) is 2.47. The predicted molar refractivity (Wildman–Crippen MR) is 43.5 cm³/mol. The minimum atomic E-state index is 0.695. The van der Waals surface area contributed by atoms with Gasteiger partial charge < -0.3 is 4.42 Å². The molecule has 0 amide bonds. The third-order valence-electron chi connectivity index (χ3n) is 1.65. The van der Waals surface area contributed by atoms with Crippen molar-refractivity contribution in [3.05, 3.63) is 24.4 Å². The first-order valence-electron chi connectivity index (χ1n) is 3.84. The number of rotatable bonds is 2. The van der Waals surface area contributed by atoms with Crippen LogP contribution in [0.5, 0.6) is 0 Å². The minimum Gasteiger partial charge on any atom is -0.472 e. The van der Waals surface area contributed by atoms with E-state index in [4.69, 9.17) is 4.42 Å². The van der Waals surface area contributed by atoms with E-state index in [2.05, 4.69) is 15.2 Å². The van der Waals surface area contributed by atoms with Crippen molar-refractivity contribution >= 4 is 0 Å². The number of furan rings is 1. The average molecular weight is 163 g/mol. The maximum absolute atomic E-state index is 4.92. The molecule has 0 atom stereocenters. The van der Waals surface area contributed by atoms with Crippen molar-refractivity contribution in [3.8, 4) is 11.4 Å². The summed E-state index contributed by atoms with van der Waals surface area (Å²) in [5, 5.41) is 6.87. The molecule has 2 aromatic heterocycles. The van der Waals surface area contributed by atoms with Crippen molar-refractivity contribution in [2.75, 3.05) is 0 Å². The number of hydrogen-bond donors (Lipinski definition) is 1. The van der Waals surface area contributed by atoms with Crippen molar-refractivity contribution < 1.29 is 4.42 Å². The highest BCUT2D eigenvalue weighted by atomic mass is 16.3. The van der Waals surface area contributed by atoms with Gasteiger partial charge in [0.25, 0.3) is 0 Å². The van der Waals surface area contributed by atoms with E-state index in [1.165, 1.54) is 0 Å². The topological polar surface area (TPSA) is 54.7 Å². The molecule has 0 spiro atoms. The number of nitrogens with one attached hydrogen (secondary N) is 1. The van der Waals surface area contributed by atoms with Crippen LogP contribution in [0.3, 0.4) is 0 Å². The molecule has 12 heavy (non-hydrogen) atoms. The lowest BCUT2D eigenvalue weighted by Gasteiger charge is -1.82. The van der Waals surface area contributed by atoms with Crippen LogP contribution in [0.15, 0.2) is 23.0 Å². The largest absolute Gasteiger partial charge is 0.472 e. The Balaban J connectivity index is 2.35. The molecule has 2 rings (SSSR count). The second kappa shape index (κ2) is 2.81. The molecule has 0 aliphatic heterocycles. The minimum absolute atomic E-state index is 0.695. The summed E-state index contributed by atoms with van der Waals surface area (Å²) in [7, 11) is 0. The molecule has 0 aliphatic carbocycles. The summed E-state index contributed by atoms with van der Waals surface area (Å²) in [4.78, 5) is 4.24. The average Bonchev–Trinajstić information content (AvgIpc) is 2.75. The number of hydrogen-bond acceptors (Lipinski definition) is 3. The molecule has 62 valence electrons. The first-order chi connectivity index (χ1) is 5.90. The van der Waals surface area contributed by atoms with Gasteiger partial charge >= 0.3 is 0 Å². The highest BCUT2D eigenvalue weighted by Crippen LogP contribution is 2.14. The Bertz CT molecular complexity index is 350. The highest BCUT2D eigenvalue weighted by Gasteiger charge is 2.04. The summed E-state index contributed by atoms with van der Waals surface area (Å²) in [5.41, 5.74) is 0.908. The molecular weight excluding hydrogens is 154 g/mol.